The van der Waals surface area contributed by atoms with E-state index in [1.807, 2.05) is 19.9 Å². The summed E-state index contributed by atoms with van der Waals surface area (Å²) in [6, 6.07) is 16.8. The predicted molar refractivity (Wildman–Crippen MR) is 119 cm³/mol. The summed E-state index contributed by atoms with van der Waals surface area (Å²) < 4.78 is 18.7. The second-order valence-corrected chi connectivity index (χ2v) is 8.39. The number of methoxy groups -OCH3 is 1. The largest absolute Gasteiger partial charge is 0.468 e. The fraction of sp³-hybridized carbons (Fsp3) is 0.480. The minimum absolute atomic E-state index is 0.0466. The highest BCUT2D eigenvalue weighted by Crippen LogP contribution is 2.38. The van der Waals surface area contributed by atoms with Gasteiger partial charge in [-0.25, -0.2) is 4.39 Å². The molecule has 0 amide bonds. The molecule has 2 aromatic rings. The van der Waals surface area contributed by atoms with E-state index < -0.39 is 5.41 Å². The van der Waals surface area contributed by atoms with Gasteiger partial charge in [-0.2, -0.15) is 0 Å². The van der Waals surface area contributed by atoms with Gasteiger partial charge in [0.15, 0.2) is 0 Å². The van der Waals surface area contributed by atoms with E-state index in [1.165, 1.54) is 24.9 Å². The molecule has 0 saturated carbocycles. The second kappa shape index (κ2) is 10.1. The quantitative estimate of drug-likeness (QED) is 0.598. The molecule has 3 rings (SSSR count). The van der Waals surface area contributed by atoms with Gasteiger partial charge in [0.2, 0.25) is 0 Å². The molecule has 1 aliphatic rings. The summed E-state index contributed by atoms with van der Waals surface area (Å²) in [6.07, 6.45) is 1.57. The Morgan fingerprint density at radius 2 is 1.67 bits per heavy atom. The molecular weight excluding hydrogens is 379 g/mol. The zero-order valence-electron chi connectivity index (χ0n) is 18.3. The number of carbonyl (C=O) groups is 1. The Kier molecular flexibility index (Phi) is 7.48. The van der Waals surface area contributed by atoms with Crippen molar-refractivity contribution < 1.29 is 13.9 Å². The van der Waals surface area contributed by atoms with Crippen LogP contribution < -0.4 is 4.90 Å². The van der Waals surface area contributed by atoms with E-state index >= 15 is 0 Å². The molecule has 4 nitrogen and oxygen atoms in total. The Balaban J connectivity index is 1.62. The molecule has 0 aromatic heterocycles. The smallest absolute Gasteiger partial charge is 0.316 e. The molecule has 1 heterocycles. The van der Waals surface area contributed by atoms with Crippen LogP contribution in [-0.2, 0) is 14.9 Å². The number of nitrogens with zero attached hydrogens (tertiary/aromatic N) is 2. The Morgan fingerprint density at radius 3 is 2.23 bits per heavy atom. The first-order chi connectivity index (χ1) is 14.5. The van der Waals surface area contributed by atoms with Crippen molar-refractivity contribution in [3.8, 4) is 0 Å². The summed E-state index contributed by atoms with van der Waals surface area (Å²) >= 11 is 0. The Labute approximate surface area is 179 Å². The lowest BCUT2D eigenvalue weighted by Crippen LogP contribution is -2.47. The minimum atomic E-state index is -0.756. The van der Waals surface area contributed by atoms with Crippen LogP contribution >= 0.6 is 0 Å². The van der Waals surface area contributed by atoms with E-state index in [2.05, 4.69) is 34.1 Å². The topological polar surface area (TPSA) is 32.8 Å². The van der Waals surface area contributed by atoms with Crippen molar-refractivity contribution in [2.45, 2.75) is 32.1 Å². The van der Waals surface area contributed by atoms with Gasteiger partial charge in [0.1, 0.15) is 5.82 Å². The maximum Gasteiger partial charge on any atom is 0.316 e. The van der Waals surface area contributed by atoms with E-state index in [0.29, 0.717) is 6.42 Å². The molecular formula is C25H33FN2O2. The van der Waals surface area contributed by atoms with Gasteiger partial charge in [-0.05, 0) is 55.1 Å². The van der Waals surface area contributed by atoms with E-state index in [1.54, 1.807) is 12.1 Å². The molecule has 1 atom stereocenters. The van der Waals surface area contributed by atoms with Gasteiger partial charge < -0.3 is 9.64 Å². The second-order valence-electron chi connectivity index (χ2n) is 8.39. The Morgan fingerprint density at radius 1 is 1.03 bits per heavy atom. The Hall–Kier alpha value is -2.40. The van der Waals surface area contributed by atoms with Crippen LogP contribution in [0.5, 0.6) is 0 Å². The van der Waals surface area contributed by atoms with Crippen molar-refractivity contribution in [2.75, 3.05) is 44.7 Å². The van der Waals surface area contributed by atoms with E-state index in [9.17, 15) is 9.18 Å². The van der Waals surface area contributed by atoms with Crippen molar-refractivity contribution in [3.05, 3.63) is 66.0 Å². The fourth-order valence-electron chi connectivity index (χ4n) is 4.60. The molecule has 162 valence electrons. The molecule has 0 radical (unpaired) electrons. The van der Waals surface area contributed by atoms with Crippen molar-refractivity contribution >= 4 is 11.7 Å². The standard InChI is InChI=1S/C25H33FN2O2/c1-20(2)25(24(29)30-3,21-10-12-22(26)13-11-21)14-7-15-27-16-18-28(19-17-27)23-8-5-4-6-9-23/h4-6,8-13,20H,7,14-19H2,1-3H3. The number of benzene rings is 2. The number of rotatable bonds is 8. The van der Waals surface area contributed by atoms with Gasteiger partial charge in [0.05, 0.1) is 12.5 Å². The zero-order chi connectivity index (χ0) is 21.6. The van der Waals surface area contributed by atoms with Crippen molar-refractivity contribution in [3.63, 3.8) is 0 Å². The maximum atomic E-state index is 13.5. The fourth-order valence-corrected chi connectivity index (χ4v) is 4.60. The number of halogens is 1. The number of carbonyl (C=O) groups excluding carboxylic acids is 1. The monoisotopic (exact) mass is 412 g/mol. The SMILES string of the molecule is COC(=O)C(CCCN1CCN(c2ccccc2)CC1)(c1ccc(F)cc1)C(C)C. The van der Waals surface area contributed by atoms with Crippen molar-refractivity contribution in [1.29, 1.82) is 0 Å². The lowest BCUT2D eigenvalue weighted by molar-refractivity contribution is -0.150. The molecule has 0 aliphatic carbocycles. The molecule has 1 unspecified atom stereocenters. The average Bonchev–Trinajstić information content (AvgIpc) is 2.78. The van der Waals surface area contributed by atoms with Crippen LogP contribution in [0.3, 0.4) is 0 Å². The van der Waals surface area contributed by atoms with E-state index in [4.69, 9.17) is 4.74 Å². The highest BCUT2D eigenvalue weighted by Gasteiger charge is 2.44. The van der Waals surface area contributed by atoms with Gasteiger partial charge in [0.25, 0.3) is 0 Å². The number of esters is 1. The lowest BCUT2D eigenvalue weighted by atomic mass is 9.68. The zero-order valence-corrected chi connectivity index (χ0v) is 18.3. The molecule has 5 heteroatoms. The highest BCUT2D eigenvalue weighted by atomic mass is 19.1. The van der Waals surface area contributed by atoms with E-state index in [0.717, 1.165) is 44.7 Å². The summed E-state index contributed by atoms with van der Waals surface area (Å²) in [5.41, 5.74) is 1.35. The summed E-state index contributed by atoms with van der Waals surface area (Å²) in [7, 11) is 1.44. The first kappa shape index (κ1) is 22.3. The number of piperazine rings is 1. The van der Waals surface area contributed by atoms with Crippen LogP contribution in [0.1, 0.15) is 32.3 Å². The van der Waals surface area contributed by atoms with Crippen LogP contribution in [0.4, 0.5) is 10.1 Å². The van der Waals surface area contributed by atoms with Crippen LogP contribution in [0.2, 0.25) is 0 Å². The van der Waals surface area contributed by atoms with Crippen LogP contribution in [0.25, 0.3) is 0 Å². The van der Waals surface area contributed by atoms with Gasteiger partial charge in [0, 0.05) is 31.9 Å². The molecule has 1 saturated heterocycles. The van der Waals surface area contributed by atoms with E-state index in [-0.39, 0.29) is 17.7 Å². The van der Waals surface area contributed by atoms with Gasteiger partial charge in [-0.15, -0.1) is 0 Å². The molecule has 0 N–H and O–H groups in total. The number of hydrogen-bond donors (Lipinski definition) is 0. The molecule has 2 aromatic carbocycles. The normalized spacial score (nSPS) is 17.0. The number of hydrogen-bond acceptors (Lipinski definition) is 4. The molecule has 30 heavy (non-hydrogen) atoms. The third kappa shape index (κ3) is 4.84. The number of anilines is 1. The van der Waals surface area contributed by atoms with Gasteiger partial charge >= 0.3 is 5.97 Å². The first-order valence-electron chi connectivity index (χ1n) is 10.8. The van der Waals surface area contributed by atoms with Crippen LogP contribution in [-0.4, -0.2) is 50.7 Å². The average molecular weight is 413 g/mol. The first-order valence-corrected chi connectivity index (χ1v) is 10.8. The predicted octanol–water partition coefficient (Wildman–Crippen LogP) is 4.49. The summed E-state index contributed by atoms with van der Waals surface area (Å²) in [5, 5.41) is 0. The third-order valence-electron chi connectivity index (χ3n) is 6.43. The molecule has 0 bridgehead atoms. The maximum absolute atomic E-state index is 13.5. The van der Waals surface area contributed by atoms with Crippen molar-refractivity contribution in [1.82, 2.24) is 4.90 Å². The third-order valence-corrected chi connectivity index (χ3v) is 6.43. The summed E-state index contributed by atoms with van der Waals surface area (Å²) in [4.78, 5) is 17.8. The van der Waals surface area contributed by atoms with Crippen LogP contribution in [0.15, 0.2) is 54.6 Å². The summed E-state index contributed by atoms with van der Waals surface area (Å²) in [6.45, 7) is 9.06. The van der Waals surface area contributed by atoms with Gasteiger partial charge in [-0.3, -0.25) is 9.69 Å². The number of ether oxygens (including phenoxy) is 1. The molecule has 1 aliphatic heterocycles. The van der Waals surface area contributed by atoms with Crippen LogP contribution in [0, 0.1) is 11.7 Å². The number of para-hydroxylation sites is 1. The molecule has 0 spiro atoms. The summed E-state index contributed by atoms with van der Waals surface area (Å²) in [5.74, 6) is -0.485. The Bertz CT molecular complexity index is 802. The highest BCUT2D eigenvalue weighted by molar-refractivity contribution is 5.83. The minimum Gasteiger partial charge on any atom is -0.468 e. The van der Waals surface area contributed by atoms with Crippen molar-refractivity contribution in [2.24, 2.45) is 5.92 Å². The van der Waals surface area contributed by atoms with Gasteiger partial charge in [-0.1, -0.05) is 44.2 Å². The lowest BCUT2D eigenvalue weighted by Gasteiger charge is -2.38. The molecule has 1 fully saturated rings.